The highest BCUT2D eigenvalue weighted by molar-refractivity contribution is 8.15. The quantitative estimate of drug-likeness (QED) is 0.526. The summed E-state index contributed by atoms with van der Waals surface area (Å²) in [6, 6.07) is 8.21. The van der Waals surface area contributed by atoms with Crippen LogP contribution < -0.4 is 5.32 Å². The Morgan fingerprint density at radius 2 is 1.97 bits per heavy atom. The Balaban J connectivity index is 1.34. The van der Waals surface area contributed by atoms with Crippen molar-refractivity contribution in [3.8, 4) is 11.5 Å². The van der Waals surface area contributed by atoms with Crippen LogP contribution in [0, 0.1) is 12.8 Å². The first-order valence-electron chi connectivity index (χ1n) is 11.6. The Morgan fingerprint density at radius 3 is 2.66 bits per heavy atom. The third-order valence-electron chi connectivity index (χ3n) is 6.35. The molecular formula is C25H32N2O4S. The minimum atomic E-state index is -0.229. The summed E-state index contributed by atoms with van der Waals surface area (Å²) in [6.45, 7) is 6.75. The lowest BCUT2D eigenvalue weighted by Crippen LogP contribution is -2.26. The van der Waals surface area contributed by atoms with Crippen molar-refractivity contribution in [1.29, 1.82) is 0 Å². The van der Waals surface area contributed by atoms with Crippen molar-refractivity contribution in [2.75, 3.05) is 0 Å². The average Bonchev–Trinajstić information content (AvgIpc) is 3.34. The molecule has 7 heteroatoms. The smallest absolute Gasteiger partial charge is 0.286 e. The van der Waals surface area contributed by atoms with E-state index in [1.807, 2.05) is 12.1 Å². The van der Waals surface area contributed by atoms with E-state index < -0.39 is 0 Å². The number of aromatic nitrogens is 1. The number of aryl methyl sites for hydroxylation is 1. The number of oxazole rings is 1. The fraction of sp³-hybridized carbons (Fsp3) is 0.560. The van der Waals surface area contributed by atoms with Crippen LogP contribution in [0.3, 0.4) is 0 Å². The van der Waals surface area contributed by atoms with Gasteiger partial charge in [0.1, 0.15) is 11.5 Å². The van der Waals surface area contributed by atoms with E-state index in [9.17, 15) is 9.59 Å². The second-order valence-electron chi connectivity index (χ2n) is 9.28. The molecule has 3 atom stereocenters. The van der Waals surface area contributed by atoms with Gasteiger partial charge in [-0.15, -0.1) is 0 Å². The van der Waals surface area contributed by atoms with Gasteiger partial charge in [-0.1, -0.05) is 56.1 Å². The van der Waals surface area contributed by atoms with Crippen LogP contribution in [0.4, 0.5) is 4.79 Å². The van der Waals surface area contributed by atoms with Gasteiger partial charge in [0.2, 0.25) is 11.8 Å². The molecule has 4 rings (SSSR count). The number of ether oxygens (including phenoxy) is 1. The zero-order valence-corrected chi connectivity index (χ0v) is 19.9. The molecule has 1 aliphatic heterocycles. The molecule has 1 aliphatic carbocycles. The number of nitrogens with zero attached hydrogens (tertiary/aromatic N) is 1. The molecule has 32 heavy (non-hydrogen) atoms. The first-order chi connectivity index (χ1) is 15.4. The fourth-order valence-electron chi connectivity index (χ4n) is 4.56. The summed E-state index contributed by atoms with van der Waals surface area (Å²) < 4.78 is 12.4. The number of rotatable bonds is 8. The number of hydrogen-bond donors (Lipinski definition) is 1. The number of amides is 2. The van der Waals surface area contributed by atoms with E-state index in [4.69, 9.17) is 14.1 Å². The first kappa shape index (κ1) is 23.1. The van der Waals surface area contributed by atoms with Crippen LogP contribution in [0.5, 0.6) is 0 Å². The molecule has 6 nitrogen and oxygen atoms in total. The number of carbonyl (C=O) groups is 2. The molecule has 1 saturated carbocycles. The zero-order valence-electron chi connectivity index (χ0n) is 19.1. The summed E-state index contributed by atoms with van der Waals surface area (Å²) in [4.78, 5) is 27.9. The van der Waals surface area contributed by atoms with E-state index in [0.717, 1.165) is 67.3 Å². The van der Waals surface area contributed by atoms with Crippen LogP contribution in [0.15, 0.2) is 28.7 Å². The topological polar surface area (TPSA) is 81.4 Å². The van der Waals surface area contributed by atoms with Gasteiger partial charge >= 0.3 is 0 Å². The van der Waals surface area contributed by atoms with E-state index >= 15 is 0 Å². The minimum Gasteiger partial charge on any atom is -0.441 e. The predicted octanol–water partition coefficient (Wildman–Crippen LogP) is 5.98. The molecule has 2 fully saturated rings. The van der Waals surface area contributed by atoms with Gasteiger partial charge in [-0.3, -0.25) is 14.9 Å². The van der Waals surface area contributed by atoms with Crippen LogP contribution in [-0.2, 0) is 16.1 Å². The highest BCUT2D eigenvalue weighted by Crippen LogP contribution is 2.34. The lowest BCUT2D eigenvalue weighted by atomic mass is 9.84. The Labute approximate surface area is 193 Å². The van der Waals surface area contributed by atoms with Crippen molar-refractivity contribution < 1.29 is 18.7 Å². The molecular weight excluding hydrogens is 424 g/mol. The lowest BCUT2D eigenvalue weighted by molar-refractivity contribution is -0.119. The highest BCUT2D eigenvalue weighted by atomic mass is 32.2. The molecule has 0 bridgehead atoms. The average molecular weight is 457 g/mol. The molecule has 2 amide bonds. The van der Waals surface area contributed by atoms with Crippen molar-refractivity contribution in [3.05, 3.63) is 41.3 Å². The Bertz CT molecular complexity index is 953. The first-order valence-corrected chi connectivity index (χ1v) is 12.5. The Hall–Kier alpha value is -2.12. The largest absolute Gasteiger partial charge is 0.441 e. The molecule has 1 aromatic heterocycles. The molecule has 2 aliphatic rings. The van der Waals surface area contributed by atoms with Crippen LogP contribution in [0.1, 0.15) is 75.3 Å². The van der Waals surface area contributed by atoms with Gasteiger partial charge in [-0.25, -0.2) is 4.98 Å². The van der Waals surface area contributed by atoms with E-state index in [-0.39, 0.29) is 28.4 Å². The molecule has 3 unspecified atom stereocenters. The van der Waals surface area contributed by atoms with Crippen LogP contribution in [-0.4, -0.2) is 27.5 Å². The molecule has 2 heterocycles. The van der Waals surface area contributed by atoms with E-state index in [1.165, 1.54) is 5.56 Å². The van der Waals surface area contributed by atoms with Crippen LogP contribution >= 0.6 is 11.8 Å². The summed E-state index contributed by atoms with van der Waals surface area (Å²) in [5, 5.41) is 1.93. The second-order valence-corrected chi connectivity index (χ2v) is 10.5. The summed E-state index contributed by atoms with van der Waals surface area (Å²) in [5.41, 5.74) is 3.07. The molecule has 2 aromatic rings. The lowest BCUT2D eigenvalue weighted by Gasteiger charge is -2.29. The van der Waals surface area contributed by atoms with Crippen molar-refractivity contribution in [1.82, 2.24) is 10.3 Å². The third-order valence-corrected chi connectivity index (χ3v) is 7.40. The maximum absolute atomic E-state index is 11.8. The molecule has 1 N–H and O–H groups in total. The van der Waals surface area contributed by atoms with Crippen molar-refractivity contribution in [2.24, 2.45) is 5.92 Å². The fourth-order valence-corrected chi connectivity index (χ4v) is 5.40. The van der Waals surface area contributed by atoms with E-state index in [2.05, 4.69) is 38.2 Å². The van der Waals surface area contributed by atoms with Gasteiger partial charge in [-0.2, -0.15) is 0 Å². The van der Waals surface area contributed by atoms with Crippen LogP contribution in [0.25, 0.3) is 11.5 Å². The van der Waals surface area contributed by atoms with Gasteiger partial charge in [0.25, 0.3) is 5.24 Å². The summed E-state index contributed by atoms with van der Waals surface area (Å²) in [5.74, 6) is 2.16. The van der Waals surface area contributed by atoms with E-state index in [1.54, 1.807) is 0 Å². The molecule has 0 radical (unpaired) electrons. The van der Waals surface area contributed by atoms with Gasteiger partial charge in [0.15, 0.2) is 0 Å². The number of nitrogens with one attached hydrogen (secondary N) is 1. The van der Waals surface area contributed by atoms with Crippen LogP contribution in [0.2, 0.25) is 0 Å². The minimum absolute atomic E-state index is 0.139. The SMILES string of the molecule is Cc1ccc(-c2nc(COC3CCCC(CCC4SC(=O)NC4=O)C3)c(C(C)C)o2)cc1. The molecule has 172 valence electrons. The Morgan fingerprint density at radius 1 is 1.19 bits per heavy atom. The normalized spacial score (nSPS) is 23.7. The van der Waals surface area contributed by atoms with Gasteiger partial charge in [-0.05, 0) is 50.7 Å². The molecule has 1 saturated heterocycles. The highest BCUT2D eigenvalue weighted by Gasteiger charge is 2.32. The zero-order chi connectivity index (χ0) is 22.7. The maximum atomic E-state index is 11.8. The third kappa shape index (κ3) is 5.62. The van der Waals surface area contributed by atoms with E-state index in [0.29, 0.717) is 18.4 Å². The Kier molecular flexibility index (Phi) is 7.36. The number of carbonyl (C=O) groups excluding carboxylic acids is 2. The standard InChI is InChI=1S/C25H32N2O4S/c1-15(2)22-20(26-24(31-22)18-10-7-16(3)8-11-18)14-30-19-6-4-5-17(13-19)9-12-21-23(28)27-25(29)32-21/h7-8,10-11,15,17,19,21H,4-6,9,12-14H2,1-3H3,(H,27,28,29). The second kappa shape index (κ2) is 10.2. The predicted molar refractivity (Wildman–Crippen MR) is 125 cm³/mol. The molecule has 1 aromatic carbocycles. The maximum Gasteiger partial charge on any atom is 0.286 e. The van der Waals surface area contributed by atoms with Gasteiger partial charge in [0, 0.05) is 11.5 Å². The summed E-state index contributed by atoms with van der Waals surface area (Å²) >= 11 is 1.13. The van der Waals surface area contributed by atoms with Crippen molar-refractivity contribution in [2.45, 2.75) is 83.2 Å². The summed E-state index contributed by atoms with van der Waals surface area (Å²) in [7, 11) is 0. The van der Waals surface area contributed by atoms with Gasteiger partial charge < -0.3 is 9.15 Å². The number of imide groups is 1. The monoisotopic (exact) mass is 456 g/mol. The summed E-state index contributed by atoms with van der Waals surface area (Å²) in [6.07, 6.45) is 6.23. The number of hydrogen-bond acceptors (Lipinski definition) is 6. The number of benzene rings is 1. The van der Waals surface area contributed by atoms with Crippen molar-refractivity contribution >= 4 is 22.9 Å². The number of thioether (sulfide) groups is 1. The van der Waals surface area contributed by atoms with Crippen molar-refractivity contribution in [3.63, 3.8) is 0 Å². The van der Waals surface area contributed by atoms with Gasteiger partial charge in [0.05, 0.1) is 18.0 Å². The molecule has 0 spiro atoms.